The third-order valence-electron chi connectivity index (χ3n) is 14.7. The van der Waals surface area contributed by atoms with Crippen molar-refractivity contribution in [3.63, 3.8) is 0 Å². The minimum Gasteiger partial charge on any atom is -0.392 e. The summed E-state index contributed by atoms with van der Waals surface area (Å²) in [6.07, 6.45) is 4.24. The van der Waals surface area contributed by atoms with Gasteiger partial charge in [-0.1, -0.05) is 27.0 Å². The summed E-state index contributed by atoms with van der Waals surface area (Å²) in [4.78, 5) is 14.1. The van der Waals surface area contributed by atoms with Gasteiger partial charge in [-0.15, -0.1) is 0 Å². The average molecular weight is 758 g/mol. The predicted molar refractivity (Wildman–Crippen MR) is 195 cm³/mol. The summed E-state index contributed by atoms with van der Waals surface area (Å²) in [5, 5.41) is 10.6. The van der Waals surface area contributed by atoms with E-state index in [2.05, 4.69) is 27.0 Å². The molecule has 0 amide bonds. The number of hydrogen-bond donors (Lipinski definition) is 2. The molecule has 0 aromatic carbocycles. The standard InChI is InChI=1S/C42H63NO11/c1-19-11-26-6-8-29-21(3)12-31(49-29)20(2)10-23-13-34-38-39-41(52-34)40(54-42(23)53-38)37-30(51-39)9-7-27(48-37)14-24(44)15-28-33(17-32(47-26)22(19)4)50-35(36(28)46-5)16-25(45)18-43/h19-20,23,25-42,45H,3-4,6-18,43H2,1-2,5H3/t19-,20+,23?,25?,26+,27?,28?,29?,30+,31?,32-,33+,34-,35?,36-,37?,38?,39?,40?,41?,42?/m1/s1. The molecular formula is C42H63NO11. The van der Waals surface area contributed by atoms with Crippen molar-refractivity contribution in [3.05, 3.63) is 24.3 Å². The number of Topliss-reactive ketones (excluding diaryl/α,β-unsaturated/α-hetero) is 1. The van der Waals surface area contributed by atoms with E-state index in [0.717, 1.165) is 62.5 Å². The number of ketones is 1. The molecule has 0 spiro atoms. The molecule has 9 fully saturated rings. The molecule has 9 aliphatic rings. The lowest BCUT2D eigenvalue weighted by Crippen LogP contribution is -2.61. The van der Waals surface area contributed by atoms with Crippen molar-refractivity contribution in [2.24, 2.45) is 29.4 Å². The first-order valence-corrected chi connectivity index (χ1v) is 21.1. The third-order valence-corrected chi connectivity index (χ3v) is 14.7. The molecule has 0 aliphatic carbocycles. The van der Waals surface area contributed by atoms with Crippen molar-refractivity contribution in [2.45, 2.75) is 195 Å². The number of aliphatic hydroxyl groups is 1. The molecular weight excluding hydrogens is 694 g/mol. The van der Waals surface area contributed by atoms with Gasteiger partial charge in [-0.25, -0.2) is 0 Å². The van der Waals surface area contributed by atoms with E-state index in [1.54, 1.807) is 7.11 Å². The number of aliphatic hydroxyl groups excluding tert-OH is 1. The second-order valence-electron chi connectivity index (χ2n) is 18.3. The SMILES string of the molecule is C=C1CC2OC1CC[C@H]1C[C@@H](C)C(=C)[C@@H](C[C@@H]3OC(CC(O)CN)[C@H](OC)C3CC(=O)CC3CC[C@@H]4OC5C6O[C@@H]7CC(C[C@@H]2C)C(OC6C4O3)OC57)O1. The number of carbonyl (C=O) groups is 1. The highest BCUT2D eigenvalue weighted by atomic mass is 16.7. The first-order chi connectivity index (χ1) is 26.1. The zero-order valence-electron chi connectivity index (χ0n) is 32.3. The topological polar surface area (TPSA) is 146 Å². The summed E-state index contributed by atoms with van der Waals surface area (Å²) in [6.45, 7) is 13.6. The second kappa shape index (κ2) is 15.5. The molecule has 3 N–H and O–H groups in total. The quantitative estimate of drug-likeness (QED) is 0.401. The fourth-order valence-corrected chi connectivity index (χ4v) is 11.7. The Balaban J connectivity index is 0.993. The van der Waals surface area contributed by atoms with Crippen LogP contribution in [0.15, 0.2) is 24.3 Å². The molecule has 9 heterocycles. The fraction of sp³-hybridized carbons (Fsp3) is 0.881. The first-order valence-electron chi connectivity index (χ1n) is 21.1. The minimum atomic E-state index is -0.731. The Kier molecular flexibility index (Phi) is 11.0. The maximum absolute atomic E-state index is 14.1. The summed E-state index contributed by atoms with van der Waals surface area (Å²) in [5.74, 6) is 0.602. The third kappa shape index (κ3) is 7.11. The van der Waals surface area contributed by atoms with E-state index >= 15 is 0 Å². The maximum atomic E-state index is 14.1. The summed E-state index contributed by atoms with van der Waals surface area (Å²) in [6, 6.07) is 0. The van der Waals surface area contributed by atoms with Crippen LogP contribution in [0.25, 0.3) is 0 Å². The fourth-order valence-electron chi connectivity index (χ4n) is 11.7. The summed E-state index contributed by atoms with van der Waals surface area (Å²) < 4.78 is 60.2. The predicted octanol–water partition coefficient (Wildman–Crippen LogP) is 3.93. The largest absolute Gasteiger partial charge is 0.392 e. The van der Waals surface area contributed by atoms with Crippen LogP contribution in [-0.4, -0.2) is 128 Å². The Hall–Kier alpha value is -1.29. The van der Waals surface area contributed by atoms with E-state index < -0.39 is 12.2 Å². The highest BCUT2D eigenvalue weighted by molar-refractivity contribution is 5.79. The summed E-state index contributed by atoms with van der Waals surface area (Å²) in [5.41, 5.74) is 8.05. The van der Waals surface area contributed by atoms with Gasteiger partial charge in [0.2, 0.25) is 0 Å². The van der Waals surface area contributed by atoms with Crippen LogP contribution in [0.3, 0.4) is 0 Å². The van der Waals surface area contributed by atoms with E-state index in [4.69, 9.17) is 48.4 Å². The van der Waals surface area contributed by atoms with Crippen LogP contribution in [0.1, 0.15) is 90.9 Å². The van der Waals surface area contributed by atoms with Gasteiger partial charge in [-0.3, -0.25) is 4.79 Å². The van der Waals surface area contributed by atoms with Gasteiger partial charge >= 0.3 is 0 Å². The van der Waals surface area contributed by atoms with Crippen molar-refractivity contribution in [1.82, 2.24) is 0 Å². The molecule has 9 saturated heterocycles. The first kappa shape index (κ1) is 38.2. The van der Waals surface area contributed by atoms with Crippen LogP contribution in [-0.2, 0) is 47.4 Å². The Morgan fingerprint density at radius 2 is 1.48 bits per heavy atom. The van der Waals surface area contributed by atoms with Crippen LogP contribution in [0.5, 0.6) is 0 Å². The normalized spacial score (nSPS) is 52.5. The van der Waals surface area contributed by atoms with Gasteiger partial charge in [-0.05, 0) is 74.3 Å². The van der Waals surface area contributed by atoms with Crippen LogP contribution < -0.4 is 5.73 Å². The molecule has 9 rings (SSSR count). The lowest BCUT2D eigenvalue weighted by Gasteiger charge is -2.48. The molecule has 21 atom stereocenters. The van der Waals surface area contributed by atoms with Crippen LogP contribution in [0.4, 0.5) is 0 Å². The van der Waals surface area contributed by atoms with Crippen LogP contribution >= 0.6 is 0 Å². The molecule has 0 aromatic rings. The Bertz CT molecular complexity index is 1410. The molecule has 0 radical (unpaired) electrons. The van der Waals surface area contributed by atoms with E-state index in [1.807, 2.05) is 0 Å². The summed E-state index contributed by atoms with van der Waals surface area (Å²) >= 11 is 0. The molecule has 54 heavy (non-hydrogen) atoms. The number of fused-ring (bicyclic) bond motifs is 6. The molecule has 0 saturated carbocycles. The van der Waals surface area contributed by atoms with E-state index in [0.29, 0.717) is 12.8 Å². The molecule has 12 nitrogen and oxygen atoms in total. The van der Waals surface area contributed by atoms with Gasteiger partial charge in [0.05, 0.1) is 67.1 Å². The monoisotopic (exact) mass is 757 g/mol. The molecule has 13 unspecified atom stereocenters. The Morgan fingerprint density at radius 1 is 0.741 bits per heavy atom. The second-order valence-corrected chi connectivity index (χ2v) is 18.3. The Labute approximate surface area is 320 Å². The number of hydrogen-bond acceptors (Lipinski definition) is 12. The molecule has 9 aliphatic heterocycles. The van der Waals surface area contributed by atoms with E-state index in [-0.39, 0.29) is 141 Å². The number of carbonyl (C=O) groups excluding carboxylic acids is 1. The van der Waals surface area contributed by atoms with Crippen molar-refractivity contribution in [1.29, 1.82) is 0 Å². The molecule has 302 valence electrons. The van der Waals surface area contributed by atoms with Gasteiger partial charge in [0, 0.05) is 51.2 Å². The van der Waals surface area contributed by atoms with Crippen molar-refractivity contribution < 1.29 is 52.5 Å². The number of methoxy groups -OCH3 is 1. The highest BCUT2D eigenvalue weighted by Gasteiger charge is 2.64. The molecule has 12 heteroatoms. The lowest BCUT2D eigenvalue weighted by molar-refractivity contribution is -0.310. The zero-order valence-corrected chi connectivity index (χ0v) is 32.3. The van der Waals surface area contributed by atoms with Gasteiger partial charge in [0.1, 0.15) is 36.3 Å². The van der Waals surface area contributed by atoms with Gasteiger partial charge in [-0.2, -0.15) is 0 Å². The molecule has 11 bridgehead atoms. The molecule has 0 aromatic heterocycles. The zero-order chi connectivity index (χ0) is 37.4. The van der Waals surface area contributed by atoms with Crippen LogP contribution in [0.2, 0.25) is 0 Å². The highest BCUT2D eigenvalue weighted by Crippen LogP contribution is 2.51. The smallest absolute Gasteiger partial charge is 0.161 e. The Morgan fingerprint density at radius 3 is 2.30 bits per heavy atom. The number of rotatable bonds is 4. The van der Waals surface area contributed by atoms with Gasteiger partial charge < -0.3 is 53.5 Å². The van der Waals surface area contributed by atoms with Gasteiger partial charge in [0.25, 0.3) is 0 Å². The summed E-state index contributed by atoms with van der Waals surface area (Å²) in [7, 11) is 1.66. The van der Waals surface area contributed by atoms with E-state index in [9.17, 15) is 9.90 Å². The maximum Gasteiger partial charge on any atom is 0.161 e. The van der Waals surface area contributed by atoms with Gasteiger partial charge in [0.15, 0.2) is 6.29 Å². The lowest BCUT2D eigenvalue weighted by atomic mass is 9.81. The minimum absolute atomic E-state index is 0.00569. The van der Waals surface area contributed by atoms with E-state index in [1.165, 1.54) is 0 Å². The van der Waals surface area contributed by atoms with Crippen molar-refractivity contribution >= 4 is 5.78 Å². The average Bonchev–Trinajstić information content (AvgIpc) is 3.77. The van der Waals surface area contributed by atoms with Crippen LogP contribution in [0, 0.1) is 23.7 Å². The number of nitrogens with two attached hydrogens (primary N) is 1. The van der Waals surface area contributed by atoms with Crippen molar-refractivity contribution in [2.75, 3.05) is 13.7 Å². The van der Waals surface area contributed by atoms with Crippen molar-refractivity contribution in [3.8, 4) is 0 Å². The number of ether oxygens (including phenoxy) is 9.